The molecule has 0 saturated heterocycles. The Balaban J connectivity index is 2.07. The van der Waals surface area contributed by atoms with Crippen LogP contribution in [0.3, 0.4) is 0 Å². The molecule has 170 valence electrons. The number of aromatic nitrogens is 1. The van der Waals surface area contributed by atoms with Gasteiger partial charge in [-0.1, -0.05) is 43.7 Å². The van der Waals surface area contributed by atoms with E-state index in [-0.39, 0.29) is 18.4 Å². The first kappa shape index (κ1) is 24.7. The second-order valence-corrected chi connectivity index (χ2v) is 7.81. The summed E-state index contributed by atoms with van der Waals surface area (Å²) in [7, 11) is 1.99. The quantitative estimate of drug-likeness (QED) is 0.433. The predicted molar refractivity (Wildman–Crippen MR) is 124 cm³/mol. The minimum Gasteiger partial charge on any atom is -0.382 e. The monoisotopic (exact) mass is 427 g/mol. The Morgan fingerprint density at radius 3 is 2.32 bits per heavy atom. The molecule has 1 heterocycles. The third kappa shape index (κ3) is 8.58. The van der Waals surface area contributed by atoms with Crippen molar-refractivity contribution < 1.29 is 14.3 Å². The lowest BCUT2D eigenvalue weighted by atomic mass is 10.1. The maximum Gasteiger partial charge on any atom is 0.242 e. The number of rotatable bonds is 14. The number of amides is 2. The topological polar surface area (TPSA) is 54.8 Å². The highest BCUT2D eigenvalue weighted by molar-refractivity contribution is 5.85. The first-order valence-corrected chi connectivity index (χ1v) is 11.3. The molecular formula is C25H37N3O3. The van der Waals surface area contributed by atoms with Crippen LogP contribution in [0.2, 0.25) is 0 Å². The smallest absolute Gasteiger partial charge is 0.242 e. The molecular weight excluding hydrogens is 390 g/mol. The number of carbonyl (C=O) groups is 2. The SMILES string of the molecule is CCCCN(Cc1cccn1C)C(=O)CN(CCCOCC)C(=O)Cc1ccccc1. The molecule has 0 aliphatic carbocycles. The van der Waals surface area contributed by atoms with Gasteiger partial charge in [-0.25, -0.2) is 0 Å². The Bertz CT molecular complexity index is 788. The van der Waals surface area contributed by atoms with Gasteiger partial charge in [0, 0.05) is 45.2 Å². The molecule has 31 heavy (non-hydrogen) atoms. The lowest BCUT2D eigenvalue weighted by Gasteiger charge is -2.28. The van der Waals surface area contributed by atoms with Crippen molar-refractivity contribution in [1.29, 1.82) is 0 Å². The highest BCUT2D eigenvalue weighted by Crippen LogP contribution is 2.10. The molecule has 0 fully saturated rings. The zero-order valence-electron chi connectivity index (χ0n) is 19.3. The van der Waals surface area contributed by atoms with Gasteiger partial charge < -0.3 is 19.1 Å². The van der Waals surface area contributed by atoms with Gasteiger partial charge in [-0.3, -0.25) is 9.59 Å². The summed E-state index contributed by atoms with van der Waals surface area (Å²) in [5.74, 6) is -0.0298. The molecule has 1 aromatic carbocycles. The van der Waals surface area contributed by atoms with Crippen molar-refractivity contribution in [3.8, 4) is 0 Å². The maximum atomic E-state index is 13.2. The van der Waals surface area contributed by atoms with E-state index < -0.39 is 0 Å². The number of carbonyl (C=O) groups excluding carboxylic acids is 2. The van der Waals surface area contributed by atoms with Crippen LogP contribution < -0.4 is 0 Å². The van der Waals surface area contributed by atoms with Crippen LogP contribution in [0.25, 0.3) is 0 Å². The van der Waals surface area contributed by atoms with Crippen molar-refractivity contribution in [2.45, 2.75) is 46.1 Å². The highest BCUT2D eigenvalue weighted by atomic mass is 16.5. The van der Waals surface area contributed by atoms with Gasteiger partial charge in [0.25, 0.3) is 0 Å². The Hall–Kier alpha value is -2.60. The minimum atomic E-state index is -0.0228. The average Bonchev–Trinajstić information content (AvgIpc) is 3.18. The third-order valence-electron chi connectivity index (χ3n) is 5.34. The summed E-state index contributed by atoms with van der Waals surface area (Å²) in [4.78, 5) is 29.8. The van der Waals surface area contributed by atoms with Crippen LogP contribution in [0, 0.1) is 0 Å². The molecule has 0 radical (unpaired) electrons. The van der Waals surface area contributed by atoms with E-state index in [9.17, 15) is 9.59 Å². The molecule has 0 saturated carbocycles. The van der Waals surface area contributed by atoms with Crippen molar-refractivity contribution in [3.63, 3.8) is 0 Å². The number of aryl methyl sites for hydroxylation is 1. The molecule has 0 unspecified atom stereocenters. The summed E-state index contributed by atoms with van der Waals surface area (Å²) >= 11 is 0. The Morgan fingerprint density at radius 2 is 1.68 bits per heavy atom. The van der Waals surface area contributed by atoms with Crippen LogP contribution in [-0.4, -0.2) is 59.0 Å². The first-order valence-electron chi connectivity index (χ1n) is 11.3. The molecule has 6 heteroatoms. The standard InChI is InChI=1S/C25H37N3O3/c1-4-6-16-27(20-23-14-10-15-26(23)3)25(30)21-28(17-11-18-31-5-2)24(29)19-22-12-8-7-9-13-22/h7-10,12-15H,4-6,11,16-21H2,1-3H3. The van der Waals surface area contributed by atoms with E-state index in [1.54, 1.807) is 4.90 Å². The van der Waals surface area contributed by atoms with Gasteiger partial charge in [-0.05, 0) is 37.5 Å². The number of hydrogen-bond acceptors (Lipinski definition) is 3. The molecule has 2 aromatic rings. The number of nitrogens with zero attached hydrogens (tertiary/aromatic N) is 3. The van der Waals surface area contributed by atoms with Crippen LogP contribution in [0.1, 0.15) is 44.4 Å². The maximum absolute atomic E-state index is 13.2. The van der Waals surface area contributed by atoms with E-state index in [0.717, 1.165) is 24.1 Å². The van der Waals surface area contributed by atoms with Gasteiger partial charge >= 0.3 is 0 Å². The van der Waals surface area contributed by atoms with E-state index in [2.05, 4.69) is 6.92 Å². The van der Waals surface area contributed by atoms with E-state index in [4.69, 9.17) is 4.74 Å². The fourth-order valence-corrected chi connectivity index (χ4v) is 3.44. The Labute approximate surface area is 186 Å². The van der Waals surface area contributed by atoms with E-state index in [1.165, 1.54) is 0 Å². The fraction of sp³-hybridized carbons (Fsp3) is 0.520. The van der Waals surface area contributed by atoms with Gasteiger partial charge in [0.1, 0.15) is 0 Å². The van der Waals surface area contributed by atoms with Crippen molar-refractivity contribution in [2.24, 2.45) is 7.05 Å². The summed E-state index contributed by atoms with van der Waals surface area (Å²) in [6.07, 6.45) is 4.96. The number of benzene rings is 1. The highest BCUT2D eigenvalue weighted by Gasteiger charge is 2.22. The molecule has 0 bridgehead atoms. The number of ether oxygens (including phenoxy) is 1. The molecule has 1 aromatic heterocycles. The van der Waals surface area contributed by atoms with E-state index in [1.807, 2.05) is 72.1 Å². The molecule has 0 spiro atoms. The van der Waals surface area contributed by atoms with Gasteiger partial charge in [0.05, 0.1) is 19.5 Å². The van der Waals surface area contributed by atoms with Crippen LogP contribution in [0.5, 0.6) is 0 Å². The van der Waals surface area contributed by atoms with Gasteiger partial charge in [-0.15, -0.1) is 0 Å². The van der Waals surface area contributed by atoms with Crippen LogP contribution in [0.15, 0.2) is 48.7 Å². The predicted octanol–water partition coefficient (Wildman–Crippen LogP) is 3.65. The van der Waals surface area contributed by atoms with Gasteiger partial charge in [0.15, 0.2) is 0 Å². The van der Waals surface area contributed by atoms with Crippen molar-refractivity contribution in [2.75, 3.05) is 32.8 Å². The summed E-state index contributed by atoms with van der Waals surface area (Å²) < 4.78 is 7.47. The molecule has 6 nitrogen and oxygen atoms in total. The minimum absolute atomic E-state index is 0.00697. The third-order valence-corrected chi connectivity index (χ3v) is 5.34. The van der Waals surface area contributed by atoms with Crippen molar-refractivity contribution in [1.82, 2.24) is 14.4 Å². The Morgan fingerprint density at radius 1 is 0.935 bits per heavy atom. The van der Waals surface area contributed by atoms with Gasteiger partial charge in [-0.2, -0.15) is 0 Å². The number of hydrogen-bond donors (Lipinski definition) is 0. The first-order chi connectivity index (χ1) is 15.0. The summed E-state index contributed by atoms with van der Waals surface area (Å²) in [5, 5.41) is 0. The molecule has 2 amide bonds. The van der Waals surface area contributed by atoms with E-state index in [0.29, 0.717) is 45.7 Å². The van der Waals surface area contributed by atoms with E-state index >= 15 is 0 Å². The summed E-state index contributed by atoms with van der Waals surface area (Å²) in [6.45, 7) is 7.18. The van der Waals surface area contributed by atoms with Crippen molar-refractivity contribution in [3.05, 3.63) is 59.9 Å². The number of unbranched alkanes of at least 4 members (excludes halogenated alkanes) is 1. The zero-order valence-corrected chi connectivity index (χ0v) is 19.3. The van der Waals surface area contributed by atoms with Crippen LogP contribution in [-0.2, 0) is 34.3 Å². The molecule has 0 atom stereocenters. The lowest BCUT2D eigenvalue weighted by molar-refractivity contribution is -0.140. The molecule has 0 N–H and O–H groups in total. The fourth-order valence-electron chi connectivity index (χ4n) is 3.44. The molecule has 2 rings (SSSR count). The zero-order chi connectivity index (χ0) is 22.5. The summed E-state index contributed by atoms with van der Waals surface area (Å²) in [5.41, 5.74) is 2.05. The summed E-state index contributed by atoms with van der Waals surface area (Å²) in [6, 6.07) is 13.7. The van der Waals surface area contributed by atoms with Gasteiger partial charge in [0.2, 0.25) is 11.8 Å². The second kappa shape index (κ2) is 13.7. The van der Waals surface area contributed by atoms with Crippen LogP contribution >= 0.6 is 0 Å². The largest absolute Gasteiger partial charge is 0.382 e. The normalized spacial score (nSPS) is 10.8. The second-order valence-electron chi connectivity index (χ2n) is 7.81. The van der Waals surface area contributed by atoms with Crippen molar-refractivity contribution >= 4 is 11.8 Å². The average molecular weight is 428 g/mol. The lowest BCUT2D eigenvalue weighted by Crippen LogP contribution is -2.44. The molecule has 0 aliphatic heterocycles. The molecule has 0 aliphatic rings. The Kier molecular flexibility index (Phi) is 10.9. The van der Waals surface area contributed by atoms with Crippen LogP contribution in [0.4, 0.5) is 0 Å².